The van der Waals surface area contributed by atoms with E-state index >= 15 is 0 Å². The minimum atomic E-state index is -0.349. The molecule has 0 fully saturated rings. The number of rotatable bonds is 7. The summed E-state index contributed by atoms with van der Waals surface area (Å²) in [5.74, 6) is -0.153. The number of thiophene rings is 1. The number of nitrogens with one attached hydrogen (secondary N) is 2. The first-order valence-electron chi connectivity index (χ1n) is 8.05. The molecular weight excluding hydrogens is 369 g/mol. The van der Waals surface area contributed by atoms with Gasteiger partial charge in [0.1, 0.15) is 11.6 Å². The van der Waals surface area contributed by atoms with Crippen molar-refractivity contribution in [1.29, 1.82) is 0 Å². The lowest BCUT2D eigenvalue weighted by Gasteiger charge is -2.08. The quantitative estimate of drug-likeness (QED) is 0.655. The first-order valence-corrected chi connectivity index (χ1v) is 9.00. The van der Waals surface area contributed by atoms with Gasteiger partial charge in [-0.25, -0.2) is 9.37 Å². The molecule has 138 valence electrons. The average Bonchev–Trinajstić information content (AvgIpc) is 3.21. The summed E-state index contributed by atoms with van der Waals surface area (Å²) in [6.07, 6.45) is 1.55. The van der Waals surface area contributed by atoms with Crippen molar-refractivity contribution in [2.75, 3.05) is 6.54 Å². The summed E-state index contributed by atoms with van der Waals surface area (Å²) in [5.41, 5.74) is 1.31. The van der Waals surface area contributed by atoms with Crippen molar-refractivity contribution in [3.05, 3.63) is 76.4 Å². The van der Waals surface area contributed by atoms with E-state index < -0.39 is 0 Å². The molecule has 27 heavy (non-hydrogen) atoms. The fourth-order valence-corrected chi connectivity index (χ4v) is 2.79. The van der Waals surface area contributed by atoms with Crippen LogP contribution in [0.5, 0.6) is 11.6 Å². The Hall–Kier alpha value is -3.26. The summed E-state index contributed by atoms with van der Waals surface area (Å²) in [6.45, 7) is 0.147. The highest BCUT2D eigenvalue weighted by Crippen LogP contribution is 2.20. The van der Waals surface area contributed by atoms with Crippen molar-refractivity contribution in [1.82, 2.24) is 15.6 Å². The van der Waals surface area contributed by atoms with Gasteiger partial charge >= 0.3 is 0 Å². The summed E-state index contributed by atoms with van der Waals surface area (Å²) < 4.78 is 18.5. The zero-order valence-electron chi connectivity index (χ0n) is 14.1. The highest BCUT2D eigenvalue weighted by atomic mass is 32.1. The smallest absolute Gasteiger partial charge is 0.252 e. The monoisotopic (exact) mass is 385 g/mol. The van der Waals surface area contributed by atoms with Crippen molar-refractivity contribution < 1.29 is 18.7 Å². The molecule has 2 heterocycles. The minimum absolute atomic E-state index is 0.112. The molecule has 2 N–H and O–H groups in total. The molecule has 0 saturated heterocycles. The van der Waals surface area contributed by atoms with Crippen LogP contribution in [0.15, 0.2) is 59.4 Å². The highest BCUT2D eigenvalue weighted by Gasteiger charge is 2.08. The van der Waals surface area contributed by atoms with Gasteiger partial charge in [-0.1, -0.05) is 0 Å². The Labute approximate surface area is 159 Å². The Kier molecular flexibility index (Phi) is 6.11. The van der Waals surface area contributed by atoms with Gasteiger partial charge in [-0.3, -0.25) is 9.59 Å². The van der Waals surface area contributed by atoms with Crippen LogP contribution in [-0.4, -0.2) is 23.3 Å². The van der Waals surface area contributed by atoms with Gasteiger partial charge in [0.15, 0.2) is 0 Å². The maximum atomic E-state index is 12.9. The van der Waals surface area contributed by atoms with Gasteiger partial charge in [-0.05, 0) is 47.3 Å². The molecule has 3 rings (SSSR count). The van der Waals surface area contributed by atoms with Crippen molar-refractivity contribution in [3.63, 3.8) is 0 Å². The maximum Gasteiger partial charge on any atom is 0.252 e. The Bertz CT molecular complexity index is 914. The van der Waals surface area contributed by atoms with Gasteiger partial charge < -0.3 is 15.4 Å². The molecule has 3 aromatic rings. The normalized spacial score (nSPS) is 10.3. The minimum Gasteiger partial charge on any atom is -0.439 e. The van der Waals surface area contributed by atoms with E-state index in [0.29, 0.717) is 17.2 Å². The van der Waals surface area contributed by atoms with Crippen LogP contribution in [0.25, 0.3) is 0 Å². The Balaban J connectivity index is 1.48. The second-order valence-corrected chi connectivity index (χ2v) is 6.31. The van der Waals surface area contributed by atoms with Crippen molar-refractivity contribution in [3.8, 4) is 11.6 Å². The first-order chi connectivity index (χ1) is 13.1. The van der Waals surface area contributed by atoms with E-state index in [1.807, 2.05) is 0 Å². The number of pyridine rings is 1. The lowest BCUT2D eigenvalue weighted by Crippen LogP contribution is -2.36. The third kappa shape index (κ3) is 5.61. The Morgan fingerprint density at radius 3 is 2.67 bits per heavy atom. The molecular formula is C19H16FN3O3S. The molecule has 0 aliphatic carbocycles. The number of halogens is 1. The van der Waals surface area contributed by atoms with Crippen LogP contribution >= 0.6 is 11.3 Å². The van der Waals surface area contributed by atoms with E-state index in [9.17, 15) is 14.0 Å². The second kappa shape index (κ2) is 8.91. The van der Waals surface area contributed by atoms with Gasteiger partial charge in [0.25, 0.3) is 5.91 Å². The van der Waals surface area contributed by atoms with Crippen molar-refractivity contribution in [2.45, 2.75) is 6.54 Å². The number of aromatic nitrogens is 1. The maximum absolute atomic E-state index is 12.9. The van der Waals surface area contributed by atoms with Gasteiger partial charge in [0.2, 0.25) is 11.8 Å². The molecule has 0 aliphatic heterocycles. The average molecular weight is 385 g/mol. The van der Waals surface area contributed by atoms with Gasteiger partial charge in [0, 0.05) is 29.8 Å². The molecule has 0 aliphatic rings. The number of nitrogens with zero attached hydrogens (tertiary/aromatic N) is 1. The van der Waals surface area contributed by atoms with Crippen LogP contribution < -0.4 is 15.4 Å². The summed E-state index contributed by atoms with van der Waals surface area (Å²) >= 11 is 1.41. The number of hydrogen-bond donors (Lipinski definition) is 2. The van der Waals surface area contributed by atoms with E-state index in [-0.39, 0.29) is 30.7 Å². The predicted octanol–water partition coefficient (Wildman–Crippen LogP) is 3.12. The zero-order chi connectivity index (χ0) is 19.1. The lowest BCUT2D eigenvalue weighted by molar-refractivity contribution is -0.120. The number of amides is 2. The van der Waals surface area contributed by atoms with Crippen LogP contribution in [0, 0.1) is 5.82 Å². The predicted molar refractivity (Wildman–Crippen MR) is 99.2 cm³/mol. The highest BCUT2D eigenvalue weighted by molar-refractivity contribution is 7.08. The number of carbonyl (C=O) groups excluding carboxylic acids is 2. The second-order valence-electron chi connectivity index (χ2n) is 5.53. The van der Waals surface area contributed by atoms with Crippen LogP contribution in [-0.2, 0) is 11.3 Å². The standard InChI is InChI=1S/C19H16FN3O3S/c20-15-1-3-16(4-2-15)26-18-9-13(5-7-21-18)10-22-17(24)11-23-19(25)14-6-8-27-12-14/h1-9,12H,10-11H2,(H,22,24)(H,23,25). The van der Waals surface area contributed by atoms with Crippen LogP contribution in [0.1, 0.15) is 15.9 Å². The molecule has 8 heteroatoms. The first kappa shape index (κ1) is 18.5. The molecule has 0 spiro atoms. The molecule has 1 aromatic carbocycles. The van der Waals surface area contributed by atoms with Crippen molar-refractivity contribution >= 4 is 23.2 Å². The Morgan fingerprint density at radius 1 is 1.11 bits per heavy atom. The van der Waals surface area contributed by atoms with Crippen molar-refractivity contribution in [2.24, 2.45) is 0 Å². The number of ether oxygens (including phenoxy) is 1. The van der Waals surface area contributed by atoms with E-state index in [2.05, 4.69) is 15.6 Å². The largest absolute Gasteiger partial charge is 0.439 e. The van der Waals surface area contributed by atoms with E-state index in [4.69, 9.17) is 4.74 Å². The number of carbonyl (C=O) groups is 2. The summed E-state index contributed by atoms with van der Waals surface area (Å²) in [4.78, 5) is 27.8. The molecule has 0 bridgehead atoms. The fraction of sp³-hybridized carbons (Fsp3) is 0.105. The molecule has 6 nitrogen and oxygen atoms in total. The SMILES string of the molecule is O=C(CNC(=O)c1ccsc1)NCc1ccnc(Oc2ccc(F)cc2)c1. The number of benzene rings is 1. The van der Waals surface area contributed by atoms with E-state index in [1.165, 1.54) is 35.6 Å². The van der Waals surface area contributed by atoms with Gasteiger partial charge in [-0.15, -0.1) is 0 Å². The Morgan fingerprint density at radius 2 is 1.93 bits per heavy atom. The van der Waals surface area contributed by atoms with E-state index in [0.717, 1.165) is 5.56 Å². The van der Waals surface area contributed by atoms with Gasteiger partial charge in [0.05, 0.1) is 6.54 Å². The zero-order valence-corrected chi connectivity index (χ0v) is 15.0. The van der Waals surface area contributed by atoms with Crippen LogP contribution in [0.2, 0.25) is 0 Å². The third-order valence-corrected chi connectivity index (χ3v) is 4.20. The molecule has 0 unspecified atom stereocenters. The summed E-state index contributed by atoms with van der Waals surface area (Å²) in [7, 11) is 0. The third-order valence-electron chi connectivity index (χ3n) is 3.52. The summed E-state index contributed by atoms with van der Waals surface area (Å²) in [6, 6.07) is 10.7. The summed E-state index contributed by atoms with van der Waals surface area (Å²) in [5, 5.41) is 8.78. The number of hydrogen-bond acceptors (Lipinski definition) is 5. The molecule has 2 amide bonds. The molecule has 0 atom stereocenters. The molecule has 0 saturated carbocycles. The fourth-order valence-electron chi connectivity index (χ4n) is 2.16. The molecule has 0 radical (unpaired) electrons. The van der Waals surface area contributed by atoms with E-state index in [1.54, 1.807) is 35.2 Å². The lowest BCUT2D eigenvalue weighted by atomic mass is 10.2. The topological polar surface area (TPSA) is 80.3 Å². The molecule has 2 aromatic heterocycles. The van der Waals surface area contributed by atoms with Crippen LogP contribution in [0.4, 0.5) is 4.39 Å². The van der Waals surface area contributed by atoms with Gasteiger partial charge in [-0.2, -0.15) is 11.3 Å². The van der Waals surface area contributed by atoms with Crippen LogP contribution in [0.3, 0.4) is 0 Å².